The van der Waals surface area contributed by atoms with Crippen molar-refractivity contribution in [2.75, 3.05) is 12.4 Å². The van der Waals surface area contributed by atoms with Gasteiger partial charge in [0, 0.05) is 11.5 Å². The van der Waals surface area contributed by atoms with Crippen molar-refractivity contribution in [1.29, 1.82) is 0 Å². The highest BCUT2D eigenvalue weighted by Crippen LogP contribution is 2.27. The van der Waals surface area contributed by atoms with Crippen molar-refractivity contribution < 1.29 is 9.13 Å². The molecule has 1 atom stereocenters. The number of halogens is 1. The predicted molar refractivity (Wildman–Crippen MR) is 91.6 cm³/mol. The second kappa shape index (κ2) is 6.62. The van der Waals surface area contributed by atoms with Crippen LogP contribution in [0.4, 0.5) is 10.2 Å². The molecule has 3 rings (SSSR count). The van der Waals surface area contributed by atoms with Gasteiger partial charge in [0.2, 0.25) is 5.88 Å². The van der Waals surface area contributed by atoms with Crippen molar-refractivity contribution in [2.45, 2.75) is 13.0 Å². The summed E-state index contributed by atoms with van der Waals surface area (Å²) in [5.41, 5.74) is 1.60. The first kappa shape index (κ1) is 15.9. The van der Waals surface area contributed by atoms with E-state index in [1.54, 1.807) is 37.6 Å². The SMILES string of the molecule is C=C[C@@H](Nc1nc(C)nc2cnc(OC)cc12)c1ccc(F)cc1. The molecule has 0 fully saturated rings. The van der Waals surface area contributed by atoms with Gasteiger partial charge in [0.15, 0.2) is 0 Å². The first-order chi connectivity index (χ1) is 11.6. The van der Waals surface area contributed by atoms with Crippen LogP contribution < -0.4 is 10.1 Å². The van der Waals surface area contributed by atoms with Crippen molar-refractivity contribution in [3.63, 3.8) is 0 Å². The standard InChI is InChI=1S/C18H17FN4O/c1-4-15(12-5-7-13(19)8-6-12)23-18-14-9-17(24-3)20-10-16(14)21-11(2)22-18/h4-10,15H,1H2,2-3H3,(H,21,22,23)/t15-/m1/s1. The molecule has 122 valence electrons. The zero-order valence-electron chi connectivity index (χ0n) is 13.5. The topological polar surface area (TPSA) is 59.9 Å². The molecule has 1 N–H and O–H groups in total. The van der Waals surface area contributed by atoms with E-state index in [0.717, 1.165) is 10.9 Å². The summed E-state index contributed by atoms with van der Waals surface area (Å²) in [5, 5.41) is 4.12. The number of nitrogens with one attached hydrogen (secondary N) is 1. The van der Waals surface area contributed by atoms with Gasteiger partial charge in [0.05, 0.1) is 24.9 Å². The second-order valence-electron chi connectivity index (χ2n) is 5.27. The van der Waals surface area contributed by atoms with Gasteiger partial charge < -0.3 is 10.1 Å². The number of pyridine rings is 1. The van der Waals surface area contributed by atoms with E-state index >= 15 is 0 Å². The Morgan fingerprint density at radius 2 is 2.00 bits per heavy atom. The smallest absolute Gasteiger partial charge is 0.213 e. The lowest BCUT2D eigenvalue weighted by Crippen LogP contribution is -2.10. The largest absolute Gasteiger partial charge is 0.481 e. The number of nitrogens with zero attached hydrogens (tertiary/aromatic N) is 3. The van der Waals surface area contributed by atoms with Crippen molar-refractivity contribution >= 4 is 16.7 Å². The summed E-state index contributed by atoms with van der Waals surface area (Å²) < 4.78 is 18.3. The van der Waals surface area contributed by atoms with E-state index in [-0.39, 0.29) is 11.9 Å². The monoisotopic (exact) mass is 324 g/mol. The zero-order valence-corrected chi connectivity index (χ0v) is 13.5. The van der Waals surface area contributed by atoms with Gasteiger partial charge in [-0.25, -0.2) is 19.3 Å². The van der Waals surface area contributed by atoms with Gasteiger partial charge in [-0.1, -0.05) is 18.2 Å². The minimum absolute atomic E-state index is 0.220. The third-order valence-corrected chi connectivity index (χ3v) is 3.64. The van der Waals surface area contributed by atoms with Gasteiger partial charge in [-0.2, -0.15) is 0 Å². The summed E-state index contributed by atoms with van der Waals surface area (Å²) in [6, 6.07) is 7.83. The van der Waals surface area contributed by atoms with E-state index in [9.17, 15) is 4.39 Å². The third kappa shape index (κ3) is 3.17. The van der Waals surface area contributed by atoms with E-state index in [0.29, 0.717) is 23.0 Å². The zero-order chi connectivity index (χ0) is 17.1. The van der Waals surface area contributed by atoms with Gasteiger partial charge in [-0.05, 0) is 24.6 Å². The van der Waals surface area contributed by atoms with Crippen LogP contribution in [0.25, 0.3) is 10.9 Å². The van der Waals surface area contributed by atoms with Crippen LogP contribution in [0.15, 0.2) is 49.2 Å². The molecule has 0 saturated heterocycles. The minimum Gasteiger partial charge on any atom is -0.481 e. The number of hydrogen-bond donors (Lipinski definition) is 1. The molecule has 0 spiro atoms. The summed E-state index contributed by atoms with van der Waals surface area (Å²) in [6.45, 7) is 5.67. The molecule has 0 radical (unpaired) electrons. The number of ether oxygens (including phenoxy) is 1. The van der Waals surface area contributed by atoms with E-state index < -0.39 is 0 Å². The van der Waals surface area contributed by atoms with Crippen LogP contribution in [-0.4, -0.2) is 22.1 Å². The highest BCUT2D eigenvalue weighted by Gasteiger charge is 2.13. The molecular weight excluding hydrogens is 307 g/mol. The van der Waals surface area contributed by atoms with E-state index in [4.69, 9.17) is 4.74 Å². The predicted octanol–water partition coefficient (Wildman–Crippen LogP) is 3.82. The average molecular weight is 324 g/mol. The molecule has 0 aliphatic carbocycles. The molecule has 0 saturated carbocycles. The fourth-order valence-electron chi connectivity index (χ4n) is 2.45. The molecule has 6 heteroatoms. The summed E-state index contributed by atoms with van der Waals surface area (Å²) in [6.07, 6.45) is 3.39. The number of fused-ring (bicyclic) bond motifs is 1. The lowest BCUT2D eigenvalue weighted by atomic mass is 10.1. The fraction of sp³-hybridized carbons (Fsp3) is 0.167. The molecule has 1 aromatic carbocycles. The maximum absolute atomic E-state index is 13.1. The summed E-state index contributed by atoms with van der Waals surface area (Å²) >= 11 is 0. The Hall–Kier alpha value is -3.02. The summed E-state index contributed by atoms with van der Waals surface area (Å²) in [4.78, 5) is 13.0. The van der Waals surface area contributed by atoms with E-state index in [1.165, 1.54) is 12.1 Å². The average Bonchev–Trinajstić information content (AvgIpc) is 2.60. The molecule has 0 bridgehead atoms. The Morgan fingerprint density at radius 3 is 2.67 bits per heavy atom. The summed E-state index contributed by atoms with van der Waals surface area (Å²) in [5.74, 6) is 1.47. The Morgan fingerprint density at radius 1 is 1.25 bits per heavy atom. The van der Waals surface area contributed by atoms with Crippen molar-refractivity contribution in [1.82, 2.24) is 15.0 Å². The van der Waals surface area contributed by atoms with Gasteiger partial charge in [0.25, 0.3) is 0 Å². The maximum Gasteiger partial charge on any atom is 0.213 e. The molecule has 24 heavy (non-hydrogen) atoms. The number of hydrogen-bond acceptors (Lipinski definition) is 5. The van der Waals surface area contributed by atoms with E-state index in [2.05, 4.69) is 26.8 Å². The van der Waals surface area contributed by atoms with Gasteiger partial charge in [0.1, 0.15) is 17.5 Å². The molecule has 3 aromatic rings. The number of aryl methyl sites for hydroxylation is 1. The number of benzene rings is 1. The molecule has 2 aromatic heterocycles. The van der Waals surface area contributed by atoms with Crippen LogP contribution in [0.3, 0.4) is 0 Å². The third-order valence-electron chi connectivity index (χ3n) is 3.64. The van der Waals surface area contributed by atoms with Crippen LogP contribution in [0.2, 0.25) is 0 Å². The first-order valence-electron chi connectivity index (χ1n) is 7.43. The molecule has 2 heterocycles. The maximum atomic E-state index is 13.1. The Bertz CT molecular complexity index is 880. The second-order valence-corrected chi connectivity index (χ2v) is 5.27. The van der Waals surface area contributed by atoms with Gasteiger partial charge in [-0.3, -0.25) is 0 Å². The van der Waals surface area contributed by atoms with Gasteiger partial charge in [-0.15, -0.1) is 6.58 Å². The lowest BCUT2D eigenvalue weighted by Gasteiger charge is -2.17. The normalized spacial score (nSPS) is 12.0. The highest BCUT2D eigenvalue weighted by atomic mass is 19.1. The molecule has 0 aliphatic heterocycles. The Kier molecular flexibility index (Phi) is 4.37. The minimum atomic E-state index is -0.277. The van der Waals surface area contributed by atoms with Crippen molar-refractivity contribution in [3.05, 3.63) is 66.4 Å². The van der Waals surface area contributed by atoms with Crippen molar-refractivity contribution in [2.24, 2.45) is 0 Å². The van der Waals surface area contributed by atoms with Crippen LogP contribution in [0, 0.1) is 12.7 Å². The van der Waals surface area contributed by atoms with E-state index in [1.807, 2.05) is 6.92 Å². The van der Waals surface area contributed by atoms with Crippen molar-refractivity contribution in [3.8, 4) is 5.88 Å². The molecular formula is C18H17FN4O. The van der Waals surface area contributed by atoms with Crippen LogP contribution in [0.1, 0.15) is 17.4 Å². The Labute approximate surface area is 139 Å². The quantitative estimate of drug-likeness (QED) is 0.723. The molecule has 0 aliphatic rings. The molecule has 0 unspecified atom stereocenters. The first-order valence-corrected chi connectivity index (χ1v) is 7.43. The summed E-state index contributed by atoms with van der Waals surface area (Å²) in [7, 11) is 1.56. The van der Waals surface area contributed by atoms with Crippen LogP contribution in [0.5, 0.6) is 5.88 Å². The number of aromatic nitrogens is 3. The number of rotatable bonds is 5. The van der Waals surface area contributed by atoms with Crippen LogP contribution >= 0.6 is 0 Å². The highest BCUT2D eigenvalue weighted by molar-refractivity contribution is 5.89. The van der Waals surface area contributed by atoms with Gasteiger partial charge >= 0.3 is 0 Å². The Balaban J connectivity index is 2.03. The molecule has 0 amide bonds. The molecule has 5 nitrogen and oxygen atoms in total. The number of methoxy groups -OCH3 is 1. The fourth-order valence-corrected chi connectivity index (χ4v) is 2.45. The van der Waals surface area contributed by atoms with Crippen LogP contribution in [-0.2, 0) is 0 Å². The number of anilines is 1. The lowest BCUT2D eigenvalue weighted by molar-refractivity contribution is 0.398.